The number of amides is 1. The molecule has 0 bridgehead atoms. The predicted octanol–water partition coefficient (Wildman–Crippen LogP) is 2.99. The molecule has 0 aliphatic heterocycles. The van der Waals surface area contributed by atoms with E-state index in [1.54, 1.807) is 43.6 Å². The van der Waals surface area contributed by atoms with Gasteiger partial charge in [0.1, 0.15) is 11.6 Å². The molecule has 3 rings (SSSR count). The fourth-order valence-corrected chi connectivity index (χ4v) is 2.91. The van der Waals surface area contributed by atoms with Gasteiger partial charge in [-0.25, -0.2) is 4.98 Å². The van der Waals surface area contributed by atoms with E-state index in [0.717, 1.165) is 5.56 Å². The molecule has 0 unspecified atom stereocenters. The van der Waals surface area contributed by atoms with E-state index in [4.69, 9.17) is 0 Å². The highest BCUT2D eigenvalue weighted by atomic mass is 19.3. The smallest absolute Gasteiger partial charge is 0.387 e. The monoisotopic (exact) mass is 414 g/mol. The van der Waals surface area contributed by atoms with Crippen molar-refractivity contribution in [2.24, 2.45) is 0 Å². The Bertz CT molecular complexity index is 1070. The maximum Gasteiger partial charge on any atom is 0.387 e. The summed E-state index contributed by atoms with van der Waals surface area (Å²) in [5, 5.41) is 2.70. The molecule has 156 valence electrons. The van der Waals surface area contributed by atoms with Gasteiger partial charge in [0.05, 0.1) is 0 Å². The van der Waals surface area contributed by atoms with Crippen LogP contribution >= 0.6 is 0 Å². The van der Waals surface area contributed by atoms with Gasteiger partial charge in [0.25, 0.3) is 5.56 Å². The van der Waals surface area contributed by atoms with Gasteiger partial charge >= 0.3 is 6.61 Å². The molecule has 2 aromatic heterocycles. The van der Waals surface area contributed by atoms with Gasteiger partial charge in [0, 0.05) is 42.2 Å². The Labute approximate surface area is 171 Å². The lowest BCUT2D eigenvalue weighted by Crippen LogP contribution is -2.25. The summed E-state index contributed by atoms with van der Waals surface area (Å²) in [5.74, 6) is 0.200. The van der Waals surface area contributed by atoms with Crippen LogP contribution in [0.3, 0.4) is 0 Å². The zero-order valence-corrected chi connectivity index (χ0v) is 16.2. The van der Waals surface area contributed by atoms with Crippen LogP contribution in [0.1, 0.15) is 23.2 Å². The number of nitrogens with zero attached hydrogens (tertiary/aromatic N) is 2. The third-order valence-electron chi connectivity index (χ3n) is 4.39. The Balaban J connectivity index is 1.58. The molecule has 0 saturated heterocycles. The molecule has 0 saturated carbocycles. The Morgan fingerprint density at radius 3 is 2.70 bits per heavy atom. The van der Waals surface area contributed by atoms with Crippen molar-refractivity contribution in [3.8, 4) is 17.1 Å². The molecule has 0 atom stereocenters. The summed E-state index contributed by atoms with van der Waals surface area (Å²) in [7, 11) is 0. The number of hydrogen-bond donors (Lipinski definition) is 2. The summed E-state index contributed by atoms with van der Waals surface area (Å²) in [6, 6.07) is 9.59. The van der Waals surface area contributed by atoms with Crippen molar-refractivity contribution in [2.45, 2.75) is 32.9 Å². The number of halogens is 2. The topological polar surface area (TPSA) is 97.0 Å². The van der Waals surface area contributed by atoms with E-state index in [9.17, 15) is 18.4 Å². The minimum Gasteiger partial charge on any atom is -0.435 e. The number of nitrogens with one attached hydrogen (secondary N) is 2. The molecule has 7 nitrogen and oxygen atoms in total. The first-order valence-corrected chi connectivity index (χ1v) is 9.23. The lowest BCUT2D eigenvalue weighted by molar-refractivity contribution is -0.121. The average Bonchev–Trinajstić information content (AvgIpc) is 2.72. The van der Waals surface area contributed by atoms with Crippen molar-refractivity contribution in [1.29, 1.82) is 0 Å². The summed E-state index contributed by atoms with van der Waals surface area (Å²) in [6.45, 7) is -1.02. The van der Waals surface area contributed by atoms with E-state index in [2.05, 4.69) is 25.0 Å². The second-order valence-corrected chi connectivity index (χ2v) is 6.52. The minimum absolute atomic E-state index is 0.0271. The second-order valence-electron chi connectivity index (χ2n) is 6.52. The summed E-state index contributed by atoms with van der Waals surface area (Å²) in [4.78, 5) is 35.7. The molecular formula is C21H20F2N4O3. The van der Waals surface area contributed by atoms with Gasteiger partial charge in [-0.3, -0.25) is 14.6 Å². The molecule has 1 aromatic carbocycles. The maximum absolute atomic E-state index is 12.4. The first kappa shape index (κ1) is 21.1. The fraction of sp³-hybridized carbons (Fsp3) is 0.238. The molecule has 9 heteroatoms. The number of hydrogen-bond acceptors (Lipinski definition) is 5. The summed E-state index contributed by atoms with van der Waals surface area (Å²) in [5.41, 5.74) is 2.07. The third kappa shape index (κ3) is 5.69. The number of ether oxygens (including phenoxy) is 1. The number of carbonyl (C=O) groups is 1. The van der Waals surface area contributed by atoms with Crippen LogP contribution in [0.2, 0.25) is 0 Å². The molecule has 2 N–H and O–H groups in total. The largest absolute Gasteiger partial charge is 0.435 e. The molecule has 0 spiro atoms. The minimum atomic E-state index is -2.91. The van der Waals surface area contributed by atoms with Gasteiger partial charge < -0.3 is 15.0 Å². The standard InChI is InChI=1S/C21H20F2N4O3/c1-13-17(20(29)27-19(26-13)15-7-9-24-10-8-15)5-6-18(28)25-12-14-3-2-4-16(11-14)30-21(22)23/h2-4,7-11,21H,5-6,12H2,1H3,(H,25,28)(H,26,27,29). The van der Waals surface area contributed by atoms with E-state index in [1.807, 2.05) is 0 Å². The van der Waals surface area contributed by atoms with Gasteiger partial charge in [0.15, 0.2) is 0 Å². The molecule has 30 heavy (non-hydrogen) atoms. The second kappa shape index (κ2) is 9.73. The number of aromatic amines is 1. The van der Waals surface area contributed by atoms with Crippen LogP contribution in [0, 0.1) is 6.92 Å². The number of rotatable bonds is 8. The molecule has 2 heterocycles. The van der Waals surface area contributed by atoms with Crippen LogP contribution in [0.4, 0.5) is 8.78 Å². The Kier molecular flexibility index (Phi) is 6.84. The molecular weight excluding hydrogens is 394 g/mol. The van der Waals surface area contributed by atoms with E-state index in [-0.39, 0.29) is 36.6 Å². The first-order valence-electron chi connectivity index (χ1n) is 9.23. The highest BCUT2D eigenvalue weighted by molar-refractivity contribution is 5.76. The van der Waals surface area contributed by atoms with Gasteiger partial charge in [0.2, 0.25) is 5.91 Å². The Morgan fingerprint density at radius 1 is 1.23 bits per heavy atom. The number of H-pyrrole nitrogens is 1. The molecule has 1 amide bonds. The summed E-state index contributed by atoms with van der Waals surface area (Å²) in [6.07, 6.45) is 3.54. The highest BCUT2D eigenvalue weighted by Crippen LogP contribution is 2.16. The summed E-state index contributed by atoms with van der Waals surface area (Å²) >= 11 is 0. The molecule has 0 fully saturated rings. The van der Waals surface area contributed by atoms with Crippen LogP contribution < -0.4 is 15.6 Å². The van der Waals surface area contributed by atoms with E-state index < -0.39 is 6.61 Å². The normalized spacial score (nSPS) is 10.8. The van der Waals surface area contributed by atoms with Gasteiger partial charge in [-0.15, -0.1) is 0 Å². The molecule has 0 aliphatic rings. The SMILES string of the molecule is Cc1nc(-c2ccncc2)[nH]c(=O)c1CCC(=O)NCc1cccc(OC(F)F)c1. The maximum atomic E-state index is 12.4. The van der Waals surface area contributed by atoms with Crippen LogP contribution in [-0.4, -0.2) is 27.5 Å². The van der Waals surface area contributed by atoms with Crippen molar-refractivity contribution in [1.82, 2.24) is 20.3 Å². The van der Waals surface area contributed by atoms with Crippen molar-refractivity contribution < 1.29 is 18.3 Å². The van der Waals surface area contributed by atoms with Crippen LogP contribution in [0.15, 0.2) is 53.6 Å². The lowest BCUT2D eigenvalue weighted by atomic mass is 10.1. The van der Waals surface area contributed by atoms with Crippen LogP contribution in [-0.2, 0) is 17.8 Å². The predicted molar refractivity (Wildman–Crippen MR) is 106 cm³/mol. The molecule has 0 aliphatic carbocycles. The van der Waals surface area contributed by atoms with Crippen LogP contribution in [0.5, 0.6) is 5.75 Å². The van der Waals surface area contributed by atoms with Crippen molar-refractivity contribution >= 4 is 5.91 Å². The van der Waals surface area contributed by atoms with Gasteiger partial charge in [-0.05, 0) is 43.2 Å². The zero-order valence-electron chi connectivity index (χ0n) is 16.2. The van der Waals surface area contributed by atoms with Crippen molar-refractivity contribution in [3.05, 3.63) is 76.0 Å². The lowest BCUT2D eigenvalue weighted by Gasteiger charge is -2.09. The fourth-order valence-electron chi connectivity index (χ4n) is 2.91. The molecule has 0 radical (unpaired) electrons. The van der Waals surface area contributed by atoms with E-state index in [1.165, 1.54) is 12.1 Å². The van der Waals surface area contributed by atoms with Crippen LogP contribution in [0.25, 0.3) is 11.4 Å². The van der Waals surface area contributed by atoms with Gasteiger partial charge in [-0.2, -0.15) is 8.78 Å². The first-order chi connectivity index (χ1) is 14.4. The number of aromatic nitrogens is 3. The quantitative estimate of drug-likeness (QED) is 0.591. The average molecular weight is 414 g/mol. The number of pyridine rings is 1. The number of aryl methyl sites for hydroxylation is 1. The Hall–Kier alpha value is -3.62. The third-order valence-corrected chi connectivity index (χ3v) is 4.39. The summed E-state index contributed by atoms with van der Waals surface area (Å²) < 4.78 is 28.9. The van der Waals surface area contributed by atoms with Crippen molar-refractivity contribution in [3.63, 3.8) is 0 Å². The Morgan fingerprint density at radius 2 is 2.00 bits per heavy atom. The van der Waals surface area contributed by atoms with Gasteiger partial charge in [-0.1, -0.05) is 12.1 Å². The number of benzene rings is 1. The van der Waals surface area contributed by atoms with Crippen molar-refractivity contribution in [2.75, 3.05) is 0 Å². The zero-order chi connectivity index (χ0) is 21.5. The van der Waals surface area contributed by atoms with E-state index >= 15 is 0 Å². The number of carbonyl (C=O) groups excluding carboxylic acids is 1. The molecule has 3 aromatic rings. The highest BCUT2D eigenvalue weighted by Gasteiger charge is 2.12. The number of alkyl halides is 2. The van der Waals surface area contributed by atoms with E-state index in [0.29, 0.717) is 22.6 Å².